The molecular formula is C21H36N4O3S. The quantitative estimate of drug-likeness (QED) is 0.489. The highest BCUT2D eigenvalue weighted by molar-refractivity contribution is 7.90. The van der Waals surface area contributed by atoms with Crippen LogP contribution in [0, 0.1) is 12.8 Å². The van der Waals surface area contributed by atoms with E-state index in [-0.39, 0.29) is 0 Å². The van der Waals surface area contributed by atoms with Gasteiger partial charge in [0, 0.05) is 45.5 Å². The number of morpholine rings is 1. The number of hydrogen-bond acceptors (Lipinski definition) is 5. The summed E-state index contributed by atoms with van der Waals surface area (Å²) in [5, 5.41) is 6.78. The van der Waals surface area contributed by atoms with Gasteiger partial charge in [0.1, 0.15) is 0 Å². The maximum absolute atomic E-state index is 11.8. The third-order valence-corrected chi connectivity index (χ3v) is 6.39. The Labute approximate surface area is 175 Å². The maximum Gasteiger partial charge on any atom is 0.191 e. The second-order valence-electron chi connectivity index (χ2n) is 8.11. The number of nitrogens with zero attached hydrogens (tertiary/aromatic N) is 2. The number of guanidine groups is 1. The van der Waals surface area contributed by atoms with Crippen molar-refractivity contribution in [3.63, 3.8) is 0 Å². The van der Waals surface area contributed by atoms with E-state index in [1.54, 1.807) is 13.1 Å². The molecule has 1 fully saturated rings. The van der Waals surface area contributed by atoms with Gasteiger partial charge < -0.3 is 15.4 Å². The Morgan fingerprint density at radius 3 is 2.48 bits per heavy atom. The first-order chi connectivity index (χ1) is 13.7. The van der Waals surface area contributed by atoms with Gasteiger partial charge in [-0.05, 0) is 36.5 Å². The van der Waals surface area contributed by atoms with Crippen LogP contribution in [0.1, 0.15) is 31.4 Å². The number of ether oxygens (including phenoxy) is 1. The molecule has 0 bridgehead atoms. The van der Waals surface area contributed by atoms with Gasteiger partial charge in [0.25, 0.3) is 0 Å². The molecule has 1 aromatic carbocycles. The summed E-state index contributed by atoms with van der Waals surface area (Å²) in [6.07, 6.45) is 2.36. The van der Waals surface area contributed by atoms with E-state index in [0.717, 1.165) is 56.4 Å². The van der Waals surface area contributed by atoms with Gasteiger partial charge >= 0.3 is 0 Å². The minimum absolute atomic E-state index is 0.380. The van der Waals surface area contributed by atoms with Crippen LogP contribution in [-0.2, 0) is 21.1 Å². The summed E-state index contributed by atoms with van der Waals surface area (Å²) in [5.41, 5.74) is 1.78. The lowest BCUT2D eigenvalue weighted by Gasteiger charge is -2.35. The summed E-state index contributed by atoms with van der Waals surface area (Å²) in [7, 11) is -1.43. The van der Waals surface area contributed by atoms with E-state index in [4.69, 9.17) is 4.74 Å². The average molecular weight is 425 g/mol. The van der Waals surface area contributed by atoms with Gasteiger partial charge in [-0.15, -0.1) is 0 Å². The van der Waals surface area contributed by atoms with Crippen molar-refractivity contribution >= 4 is 15.8 Å². The second kappa shape index (κ2) is 10.9. The summed E-state index contributed by atoms with van der Waals surface area (Å²) < 4.78 is 29.0. The Bertz CT molecular complexity index is 787. The smallest absolute Gasteiger partial charge is 0.191 e. The highest BCUT2D eigenvalue weighted by Crippen LogP contribution is 2.16. The van der Waals surface area contributed by atoms with Crippen molar-refractivity contribution in [2.45, 2.75) is 44.7 Å². The fraction of sp³-hybridized carbons (Fsp3) is 0.667. The third-order valence-electron chi connectivity index (χ3n) is 5.13. The molecule has 0 radical (unpaired) electrons. The molecule has 2 rings (SSSR count). The van der Waals surface area contributed by atoms with Gasteiger partial charge in [0.2, 0.25) is 0 Å². The number of sulfone groups is 1. The van der Waals surface area contributed by atoms with Crippen LogP contribution >= 0.6 is 0 Å². The summed E-state index contributed by atoms with van der Waals surface area (Å²) >= 11 is 0. The monoisotopic (exact) mass is 424 g/mol. The predicted molar refractivity (Wildman–Crippen MR) is 118 cm³/mol. The lowest BCUT2D eigenvalue weighted by Crippen LogP contribution is -2.50. The summed E-state index contributed by atoms with van der Waals surface area (Å²) in [4.78, 5) is 7.21. The molecule has 1 heterocycles. The predicted octanol–water partition coefficient (Wildman–Crippen LogP) is 1.81. The van der Waals surface area contributed by atoms with Crippen molar-refractivity contribution in [1.82, 2.24) is 15.5 Å². The molecular weight excluding hydrogens is 388 g/mol. The highest BCUT2D eigenvalue weighted by atomic mass is 32.2. The van der Waals surface area contributed by atoms with Crippen molar-refractivity contribution < 1.29 is 13.2 Å². The minimum atomic E-state index is -3.20. The van der Waals surface area contributed by atoms with Gasteiger partial charge in [-0.2, -0.15) is 0 Å². The molecule has 1 unspecified atom stereocenters. The van der Waals surface area contributed by atoms with Crippen LogP contribution in [0.15, 0.2) is 28.1 Å². The van der Waals surface area contributed by atoms with Crippen molar-refractivity contribution in [1.29, 1.82) is 0 Å². The first-order valence-electron chi connectivity index (χ1n) is 10.3. The van der Waals surface area contributed by atoms with Crippen molar-refractivity contribution in [2.75, 3.05) is 46.2 Å². The fourth-order valence-electron chi connectivity index (χ4n) is 3.71. The summed E-state index contributed by atoms with van der Waals surface area (Å²) in [6.45, 7) is 11.3. The van der Waals surface area contributed by atoms with Crippen molar-refractivity contribution in [3.8, 4) is 0 Å². The zero-order chi connectivity index (χ0) is 21.4. The van der Waals surface area contributed by atoms with Crippen molar-refractivity contribution in [2.24, 2.45) is 10.9 Å². The number of hydrogen-bond donors (Lipinski definition) is 2. The van der Waals surface area contributed by atoms with Gasteiger partial charge in [0.15, 0.2) is 15.8 Å². The van der Waals surface area contributed by atoms with Gasteiger partial charge in [-0.3, -0.25) is 9.89 Å². The van der Waals surface area contributed by atoms with Gasteiger partial charge in [-0.1, -0.05) is 26.0 Å². The fourth-order valence-corrected chi connectivity index (χ4v) is 4.67. The molecule has 1 atom stereocenters. The molecule has 1 aromatic rings. The van der Waals surface area contributed by atoms with Crippen LogP contribution in [0.25, 0.3) is 0 Å². The molecule has 7 nitrogen and oxygen atoms in total. The molecule has 0 saturated carbocycles. The van der Waals surface area contributed by atoms with E-state index in [1.807, 2.05) is 19.1 Å². The molecule has 2 N–H and O–H groups in total. The molecule has 0 spiro atoms. The molecule has 29 heavy (non-hydrogen) atoms. The van der Waals surface area contributed by atoms with Crippen LogP contribution in [-0.4, -0.2) is 71.5 Å². The molecule has 1 aliphatic rings. The number of aryl methyl sites for hydroxylation is 1. The number of nitrogens with one attached hydrogen (secondary N) is 2. The highest BCUT2D eigenvalue weighted by Gasteiger charge is 2.22. The third kappa shape index (κ3) is 7.60. The van der Waals surface area contributed by atoms with E-state index in [0.29, 0.717) is 23.4 Å². The zero-order valence-corrected chi connectivity index (χ0v) is 19.2. The van der Waals surface area contributed by atoms with Crippen LogP contribution < -0.4 is 10.6 Å². The Morgan fingerprint density at radius 2 is 1.93 bits per heavy atom. The van der Waals surface area contributed by atoms with E-state index >= 15 is 0 Å². The van der Waals surface area contributed by atoms with Crippen LogP contribution in [0.2, 0.25) is 0 Å². The Morgan fingerprint density at radius 1 is 1.24 bits per heavy atom. The van der Waals surface area contributed by atoms with E-state index in [1.165, 1.54) is 6.26 Å². The van der Waals surface area contributed by atoms with E-state index in [2.05, 4.69) is 34.4 Å². The molecule has 0 amide bonds. The zero-order valence-electron chi connectivity index (χ0n) is 18.4. The standard InChI is InChI=1S/C21H36N4O3S/c1-16(2)12-19(25-8-10-28-11-9-25)15-24-21(22-4)23-14-18-6-7-20(17(3)13-18)29(5,26)27/h6-7,13,16,19H,8-12,14-15H2,1-5H3,(H2,22,23,24). The first kappa shape index (κ1) is 23.6. The molecule has 1 aliphatic heterocycles. The minimum Gasteiger partial charge on any atom is -0.379 e. The first-order valence-corrected chi connectivity index (χ1v) is 12.2. The number of aliphatic imine (C=N–C) groups is 1. The second-order valence-corrected chi connectivity index (χ2v) is 10.1. The Hall–Kier alpha value is -1.64. The maximum atomic E-state index is 11.8. The Kier molecular flexibility index (Phi) is 8.92. The topological polar surface area (TPSA) is 83.0 Å². The molecule has 0 aliphatic carbocycles. The molecule has 1 saturated heterocycles. The normalized spacial score (nSPS) is 17.4. The summed E-state index contributed by atoms with van der Waals surface area (Å²) in [6, 6.07) is 5.87. The van der Waals surface area contributed by atoms with Crippen LogP contribution in [0.5, 0.6) is 0 Å². The summed E-state index contributed by atoms with van der Waals surface area (Å²) in [5.74, 6) is 1.37. The molecule has 0 aromatic heterocycles. The average Bonchev–Trinajstić information content (AvgIpc) is 2.66. The SMILES string of the molecule is CN=C(NCc1ccc(S(C)(=O)=O)c(C)c1)NCC(CC(C)C)N1CCOCC1. The van der Waals surface area contributed by atoms with E-state index in [9.17, 15) is 8.42 Å². The largest absolute Gasteiger partial charge is 0.379 e. The molecule has 8 heteroatoms. The Balaban J connectivity index is 1.93. The number of benzene rings is 1. The van der Waals surface area contributed by atoms with Gasteiger partial charge in [-0.25, -0.2) is 8.42 Å². The van der Waals surface area contributed by atoms with Crippen LogP contribution in [0.4, 0.5) is 0 Å². The number of rotatable bonds is 8. The van der Waals surface area contributed by atoms with Crippen molar-refractivity contribution in [3.05, 3.63) is 29.3 Å². The molecule has 164 valence electrons. The van der Waals surface area contributed by atoms with Gasteiger partial charge in [0.05, 0.1) is 18.1 Å². The van der Waals surface area contributed by atoms with Crippen LogP contribution in [0.3, 0.4) is 0 Å². The lowest BCUT2D eigenvalue weighted by atomic mass is 10.0. The van der Waals surface area contributed by atoms with E-state index < -0.39 is 9.84 Å². The lowest BCUT2D eigenvalue weighted by molar-refractivity contribution is 0.0132.